The maximum absolute atomic E-state index is 12.2. The zero-order chi connectivity index (χ0) is 17.9. The Kier molecular flexibility index (Phi) is 4.38. The van der Waals surface area contributed by atoms with Crippen molar-refractivity contribution >= 4 is 11.0 Å². The summed E-state index contributed by atoms with van der Waals surface area (Å²) < 4.78 is 5.31. The molecule has 1 heterocycles. The van der Waals surface area contributed by atoms with Crippen LogP contribution < -0.4 is 5.63 Å². The van der Waals surface area contributed by atoms with E-state index in [9.17, 15) is 9.90 Å². The van der Waals surface area contributed by atoms with Crippen LogP contribution in [0, 0.1) is 0 Å². The average Bonchev–Trinajstić information content (AvgIpc) is 2.68. The first-order valence-electron chi connectivity index (χ1n) is 8.56. The van der Waals surface area contributed by atoms with E-state index in [0.29, 0.717) is 12.0 Å². The topological polar surface area (TPSA) is 50.4 Å². The Morgan fingerprint density at radius 1 is 0.808 bits per heavy atom. The molecule has 0 amide bonds. The second-order valence-corrected chi connectivity index (χ2v) is 6.31. The third-order valence-electron chi connectivity index (χ3n) is 4.52. The van der Waals surface area contributed by atoms with Gasteiger partial charge >= 0.3 is 5.63 Å². The smallest absolute Gasteiger partial charge is 0.342 e. The fourth-order valence-corrected chi connectivity index (χ4v) is 3.11. The SMILES string of the molecule is O=c1oc2ccccc2cc1C(O)Cc1ccc(-c2ccccc2)cc1. The summed E-state index contributed by atoms with van der Waals surface area (Å²) >= 11 is 0. The zero-order valence-electron chi connectivity index (χ0n) is 14.1. The first-order chi connectivity index (χ1) is 12.7. The summed E-state index contributed by atoms with van der Waals surface area (Å²) in [6.45, 7) is 0. The van der Waals surface area contributed by atoms with Crippen LogP contribution in [0.3, 0.4) is 0 Å². The Morgan fingerprint density at radius 3 is 2.23 bits per heavy atom. The fourth-order valence-electron chi connectivity index (χ4n) is 3.11. The Hall–Kier alpha value is -3.17. The zero-order valence-corrected chi connectivity index (χ0v) is 14.1. The van der Waals surface area contributed by atoms with Gasteiger partial charge in [-0.15, -0.1) is 0 Å². The summed E-state index contributed by atoms with van der Waals surface area (Å²) in [4.78, 5) is 12.2. The quantitative estimate of drug-likeness (QED) is 0.545. The lowest BCUT2D eigenvalue weighted by Gasteiger charge is -2.11. The number of rotatable bonds is 4. The van der Waals surface area contributed by atoms with Gasteiger partial charge in [0.25, 0.3) is 0 Å². The molecule has 0 spiro atoms. The van der Waals surface area contributed by atoms with Crippen molar-refractivity contribution < 1.29 is 9.52 Å². The van der Waals surface area contributed by atoms with Crippen molar-refractivity contribution in [3.05, 3.63) is 106 Å². The maximum atomic E-state index is 12.2. The van der Waals surface area contributed by atoms with Crippen LogP contribution in [0.1, 0.15) is 17.2 Å². The Bertz CT molecular complexity index is 1080. The highest BCUT2D eigenvalue weighted by Gasteiger charge is 2.15. The minimum Gasteiger partial charge on any atom is -0.422 e. The van der Waals surface area contributed by atoms with Gasteiger partial charge in [0, 0.05) is 11.8 Å². The third-order valence-corrected chi connectivity index (χ3v) is 4.52. The molecule has 0 saturated heterocycles. The fraction of sp³-hybridized carbons (Fsp3) is 0.0870. The van der Waals surface area contributed by atoms with Crippen molar-refractivity contribution in [1.29, 1.82) is 0 Å². The van der Waals surface area contributed by atoms with Crippen molar-refractivity contribution in [2.45, 2.75) is 12.5 Å². The summed E-state index contributed by atoms with van der Waals surface area (Å²) in [5.74, 6) is 0. The monoisotopic (exact) mass is 342 g/mol. The highest BCUT2D eigenvalue weighted by Crippen LogP contribution is 2.23. The first-order valence-corrected chi connectivity index (χ1v) is 8.56. The van der Waals surface area contributed by atoms with Crippen molar-refractivity contribution in [2.75, 3.05) is 0 Å². The Labute approximate surface area is 151 Å². The van der Waals surface area contributed by atoms with Gasteiger partial charge in [0.1, 0.15) is 5.58 Å². The largest absolute Gasteiger partial charge is 0.422 e. The predicted molar refractivity (Wildman–Crippen MR) is 103 cm³/mol. The van der Waals surface area contributed by atoms with E-state index in [1.54, 1.807) is 12.1 Å². The molecule has 0 saturated carbocycles. The average molecular weight is 342 g/mol. The van der Waals surface area contributed by atoms with Crippen LogP contribution >= 0.6 is 0 Å². The summed E-state index contributed by atoms with van der Waals surface area (Å²) in [7, 11) is 0. The molecule has 4 aromatic rings. The first kappa shape index (κ1) is 16.3. The molecule has 26 heavy (non-hydrogen) atoms. The van der Waals surface area contributed by atoms with Crippen LogP contribution in [0.4, 0.5) is 0 Å². The predicted octanol–water partition coefficient (Wildman–Crippen LogP) is 4.74. The molecular weight excluding hydrogens is 324 g/mol. The van der Waals surface area contributed by atoms with Crippen LogP contribution in [0.15, 0.2) is 94.1 Å². The van der Waals surface area contributed by atoms with Gasteiger partial charge in [-0.25, -0.2) is 4.79 Å². The Morgan fingerprint density at radius 2 is 1.46 bits per heavy atom. The van der Waals surface area contributed by atoms with Gasteiger partial charge in [0.05, 0.1) is 11.7 Å². The summed E-state index contributed by atoms with van der Waals surface area (Å²) in [5.41, 5.74) is 3.56. The molecule has 0 radical (unpaired) electrons. The van der Waals surface area contributed by atoms with E-state index >= 15 is 0 Å². The lowest BCUT2D eigenvalue weighted by Crippen LogP contribution is -2.14. The van der Waals surface area contributed by atoms with Crippen molar-refractivity contribution in [3.8, 4) is 11.1 Å². The van der Waals surface area contributed by atoms with Crippen LogP contribution in [0.25, 0.3) is 22.1 Å². The number of hydrogen-bond donors (Lipinski definition) is 1. The number of aliphatic hydroxyl groups is 1. The Balaban J connectivity index is 1.57. The highest BCUT2D eigenvalue weighted by atomic mass is 16.4. The standard InChI is InChI=1S/C23H18O3/c24-21(20-15-19-8-4-5-9-22(19)26-23(20)25)14-16-10-12-18(13-11-16)17-6-2-1-3-7-17/h1-13,15,21,24H,14H2. The molecule has 4 rings (SSSR count). The molecule has 1 atom stereocenters. The van der Waals surface area contributed by atoms with E-state index < -0.39 is 11.7 Å². The molecule has 3 heteroatoms. The van der Waals surface area contributed by atoms with Crippen LogP contribution in [0.5, 0.6) is 0 Å². The van der Waals surface area contributed by atoms with E-state index in [4.69, 9.17) is 4.42 Å². The number of para-hydroxylation sites is 1. The van der Waals surface area contributed by atoms with Crippen LogP contribution in [0.2, 0.25) is 0 Å². The van der Waals surface area contributed by atoms with Gasteiger partial charge in [0.15, 0.2) is 0 Å². The molecule has 0 fully saturated rings. The van der Waals surface area contributed by atoms with Crippen molar-refractivity contribution in [1.82, 2.24) is 0 Å². The maximum Gasteiger partial charge on any atom is 0.342 e. The number of fused-ring (bicyclic) bond motifs is 1. The molecule has 3 aromatic carbocycles. The van der Waals surface area contributed by atoms with Crippen LogP contribution in [-0.4, -0.2) is 5.11 Å². The minimum absolute atomic E-state index is 0.288. The van der Waals surface area contributed by atoms with Gasteiger partial charge < -0.3 is 9.52 Å². The second-order valence-electron chi connectivity index (χ2n) is 6.31. The molecular formula is C23H18O3. The van der Waals surface area contributed by atoms with Gasteiger partial charge in [-0.05, 0) is 28.8 Å². The molecule has 3 nitrogen and oxygen atoms in total. The molecule has 128 valence electrons. The summed E-state index contributed by atoms with van der Waals surface area (Å²) in [6.07, 6.45) is -0.545. The lowest BCUT2D eigenvalue weighted by molar-refractivity contribution is 0.174. The van der Waals surface area contributed by atoms with E-state index in [1.165, 1.54) is 0 Å². The van der Waals surface area contributed by atoms with Gasteiger partial charge in [-0.1, -0.05) is 72.8 Å². The summed E-state index contributed by atoms with van der Waals surface area (Å²) in [5, 5.41) is 11.3. The van der Waals surface area contributed by atoms with Crippen molar-refractivity contribution in [2.24, 2.45) is 0 Å². The van der Waals surface area contributed by atoms with E-state index in [-0.39, 0.29) is 5.56 Å². The molecule has 0 aliphatic rings. The highest BCUT2D eigenvalue weighted by molar-refractivity contribution is 5.76. The number of benzene rings is 3. The van der Waals surface area contributed by atoms with Gasteiger partial charge in [-0.2, -0.15) is 0 Å². The van der Waals surface area contributed by atoms with Gasteiger partial charge in [-0.3, -0.25) is 0 Å². The molecule has 1 N–H and O–H groups in total. The second kappa shape index (κ2) is 6.98. The van der Waals surface area contributed by atoms with E-state index in [0.717, 1.165) is 22.1 Å². The molecule has 0 bridgehead atoms. The third kappa shape index (κ3) is 3.30. The molecule has 0 aliphatic carbocycles. The van der Waals surface area contributed by atoms with E-state index in [2.05, 4.69) is 12.1 Å². The van der Waals surface area contributed by atoms with Gasteiger partial charge in [0.2, 0.25) is 0 Å². The minimum atomic E-state index is -0.904. The lowest BCUT2D eigenvalue weighted by atomic mass is 9.99. The van der Waals surface area contributed by atoms with Crippen molar-refractivity contribution in [3.63, 3.8) is 0 Å². The van der Waals surface area contributed by atoms with E-state index in [1.807, 2.05) is 60.7 Å². The molecule has 1 aromatic heterocycles. The molecule has 0 aliphatic heterocycles. The van der Waals surface area contributed by atoms with Crippen LogP contribution in [-0.2, 0) is 6.42 Å². The summed E-state index contributed by atoms with van der Waals surface area (Å²) in [6, 6.07) is 27.2. The number of aliphatic hydroxyl groups excluding tert-OH is 1. The molecule has 1 unspecified atom stereocenters. The number of hydrogen-bond acceptors (Lipinski definition) is 3. The normalized spacial score (nSPS) is 12.2.